The summed E-state index contributed by atoms with van der Waals surface area (Å²) in [6.45, 7) is 53.9. The molecule has 0 atom stereocenters. The van der Waals surface area contributed by atoms with E-state index < -0.39 is 0 Å². The molecule has 0 saturated heterocycles. The summed E-state index contributed by atoms with van der Waals surface area (Å²) in [5.41, 5.74) is 31.5. The summed E-state index contributed by atoms with van der Waals surface area (Å²) in [5.74, 6) is 0. The van der Waals surface area contributed by atoms with Crippen molar-refractivity contribution in [3.63, 3.8) is 0 Å². The number of nitrogens with zero attached hydrogens (tertiary/aromatic N) is 4. The second-order valence-corrected chi connectivity index (χ2v) is 36.1. The topological polar surface area (TPSA) is 13.0 Å². The molecule has 5 heteroatoms. The van der Waals surface area contributed by atoms with Crippen LogP contribution in [-0.2, 0) is 43.3 Å². The second-order valence-electron chi connectivity index (χ2n) is 36.1. The lowest BCUT2D eigenvalue weighted by molar-refractivity contribution is 0.403. The predicted molar refractivity (Wildman–Crippen MR) is 423 cm³/mol. The monoisotopic (exact) mass is 1280 g/mol. The van der Waals surface area contributed by atoms with Crippen molar-refractivity contribution in [1.29, 1.82) is 0 Å². The van der Waals surface area contributed by atoms with Gasteiger partial charge in [-0.2, -0.15) is 0 Å². The molecule has 2 aliphatic heterocycles. The molecule has 10 aromatic carbocycles. The number of benzene rings is 10. The number of hydrogen-bond acceptors (Lipinski definition) is 4. The molecule has 0 unspecified atom stereocenters. The van der Waals surface area contributed by atoms with Gasteiger partial charge in [-0.15, -0.1) is 0 Å². The van der Waals surface area contributed by atoms with Gasteiger partial charge in [0.2, 0.25) is 0 Å². The molecule has 0 aromatic heterocycles. The Balaban J connectivity index is 1.20. The molecule has 2 heterocycles. The van der Waals surface area contributed by atoms with Crippen molar-refractivity contribution < 1.29 is 0 Å². The van der Waals surface area contributed by atoms with E-state index in [1.807, 2.05) is 0 Å². The maximum atomic E-state index is 2.71. The summed E-state index contributed by atoms with van der Waals surface area (Å²) < 4.78 is 0. The van der Waals surface area contributed by atoms with Crippen molar-refractivity contribution in [2.75, 3.05) is 19.6 Å². The first-order valence-electron chi connectivity index (χ1n) is 35.7. The molecule has 13 rings (SSSR count). The Bertz CT molecular complexity index is 4520. The van der Waals surface area contributed by atoms with E-state index in [9.17, 15) is 0 Å². The summed E-state index contributed by atoms with van der Waals surface area (Å²) in [7, 11) is 0. The number of rotatable bonds is 9. The van der Waals surface area contributed by atoms with Gasteiger partial charge in [0.05, 0.1) is 11.4 Å². The van der Waals surface area contributed by atoms with Gasteiger partial charge in [0.15, 0.2) is 0 Å². The molecule has 1 aliphatic carbocycles. The maximum Gasteiger partial charge on any atom is 0.252 e. The van der Waals surface area contributed by atoms with Crippen LogP contribution in [0.15, 0.2) is 206 Å². The summed E-state index contributed by atoms with van der Waals surface area (Å²) in [5, 5.41) is 0. The molecular formula is C92H105BN4. The molecule has 0 fully saturated rings. The minimum Gasteiger partial charge on any atom is -0.311 e. The highest BCUT2D eigenvalue weighted by molar-refractivity contribution is 7.00. The van der Waals surface area contributed by atoms with E-state index in [1.165, 1.54) is 94.6 Å². The Morgan fingerprint density at radius 3 is 1.08 bits per heavy atom. The average molecular weight is 1280 g/mol. The molecule has 0 spiro atoms. The van der Waals surface area contributed by atoms with E-state index in [0.717, 1.165) is 57.6 Å². The van der Waals surface area contributed by atoms with Crippen LogP contribution in [-0.4, -0.2) is 6.71 Å². The SMILES string of the molecule is Cc1cc(C(C)(C)C)ccc1N1c2cc(N(c3ccc(C(C)(C)C)cc3)c3ccc(C(C)(C)C)cc3)ccc2B2c3cc4c(cc3N(c3ccc(C(C)(C)C)cc3-c3ccccc3)c3cc(N(c5ccc(C(C)(C)C)cc5)c5ccc(C(C)(C)C)cc5)cc1c32)C(C)(C)CC4(C)C. The van der Waals surface area contributed by atoms with Gasteiger partial charge in [-0.1, -0.05) is 262 Å². The smallest absolute Gasteiger partial charge is 0.252 e. The lowest BCUT2D eigenvalue weighted by Gasteiger charge is -2.46. The van der Waals surface area contributed by atoms with Crippen LogP contribution in [0.1, 0.15) is 209 Å². The van der Waals surface area contributed by atoms with Crippen LogP contribution in [0.25, 0.3) is 11.1 Å². The predicted octanol–water partition coefficient (Wildman–Crippen LogP) is 24.4. The molecule has 0 saturated carbocycles. The average Bonchev–Trinajstić information content (AvgIpc) is 1.58. The Morgan fingerprint density at radius 2 is 0.660 bits per heavy atom. The highest BCUT2D eigenvalue weighted by Gasteiger charge is 2.49. The number of anilines is 12. The van der Waals surface area contributed by atoms with Crippen LogP contribution in [0, 0.1) is 6.92 Å². The summed E-state index contributed by atoms with van der Waals surface area (Å²) in [6, 6.07) is 81.3. The van der Waals surface area contributed by atoms with E-state index in [4.69, 9.17) is 0 Å². The van der Waals surface area contributed by atoms with Crippen LogP contribution in [0.5, 0.6) is 0 Å². The molecule has 496 valence electrons. The quantitative estimate of drug-likeness (QED) is 0.134. The lowest BCUT2D eigenvalue weighted by Crippen LogP contribution is -2.61. The van der Waals surface area contributed by atoms with Crippen molar-refractivity contribution in [1.82, 2.24) is 0 Å². The standard InChI is InChI=1S/C92H105BN4/c1-59-51-65(89(14,15)16)37-49-78(59)96-80-53-71(94(67-39-29-61(30-40-67)85(2,3)4)68-41-31-62(32-42-68)86(5,6)7)47-48-76(80)93-77-56-74-75(92(22,23)58-91(74,20)21)57-81(77)97(79-50-38-66(90(17,18)19)52-73(79)60-27-25-24-26-28-60)83-55-72(54-82(96)84(83)93)95(69-43-33-63(34-44-69)87(8,9)10)70-45-35-64(36-46-70)88(11,12)13/h24-57H,58H2,1-23H3. The first kappa shape index (κ1) is 67.1. The van der Waals surface area contributed by atoms with E-state index >= 15 is 0 Å². The third-order valence-corrected chi connectivity index (χ3v) is 21.5. The normalized spacial score (nSPS) is 15.0. The Morgan fingerprint density at radius 1 is 0.309 bits per heavy atom. The second kappa shape index (κ2) is 23.3. The van der Waals surface area contributed by atoms with Crippen molar-refractivity contribution in [2.45, 2.75) is 209 Å². The molecule has 97 heavy (non-hydrogen) atoms. The van der Waals surface area contributed by atoms with Gasteiger partial charge >= 0.3 is 0 Å². The van der Waals surface area contributed by atoms with Gasteiger partial charge in [-0.25, -0.2) is 0 Å². The van der Waals surface area contributed by atoms with Crippen molar-refractivity contribution in [2.24, 2.45) is 0 Å². The highest BCUT2D eigenvalue weighted by atomic mass is 15.2. The van der Waals surface area contributed by atoms with Crippen LogP contribution in [0.4, 0.5) is 68.2 Å². The van der Waals surface area contributed by atoms with Crippen LogP contribution < -0.4 is 36.0 Å². The molecule has 0 radical (unpaired) electrons. The fourth-order valence-electron chi connectivity index (χ4n) is 16.0. The minimum absolute atomic E-state index is 0.00713. The summed E-state index contributed by atoms with van der Waals surface area (Å²) >= 11 is 0. The van der Waals surface area contributed by atoms with E-state index in [-0.39, 0.29) is 50.0 Å². The number of aryl methyl sites for hydroxylation is 1. The van der Waals surface area contributed by atoms with Crippen LogP contribution >= 0.6 is 0 Å². The molecule has 10 aromatic rings. The Labute approximate surface area is 583 Å². The van der Waals surface area contributed by atoms with Crippen molar-refractivity contribution in [3.8, 4) is 11.1 Å². The first-order valence-corrected chi connectivity index (χ1v) is 35.7. The lowest BCUT2D eigenvalue weighted by atomic mass is 9.33. The van der Waals surface area contributed by atoms with Gasteiger partial charge in [0.1, 0.15) is 0 Å². The number of hydrogen-bond donors (Lipinski definition) is 0. The summed E-state index contributed by atoms with van der Waals surface area (Å²) in [4.78, 5) is 10.4. The molecule has 0 N–H and O–H groups in total. The van der Waals surface area contributed by atoms with E-state index in [2.05, 4.69) is 385 Å². The zero-order chi connectivity index (χ0) is 69.6. The maximum absolute atomic E-state index is 2.71. The Hall–Kier alpha value is -8.54. The van der Waals surface area contributed by atoms with E-state index in [1.54, 1.807) is 0 Å². The third-order valence-electron chi connectivity index (χ3n) is 21.5. The zero-order valence-corrected chi connectivity index (χ0v) is 62.7. The minimum atomic E-state index is -0.158. The largest absolute Gasteiger partial charge is 0.311 e. The fraction of sp³-hybridized carbons (Fsp3) is 0.348. The molecule has 0 amide bonds. The highest BCUT2D eigenvalue weighted by Crippen LogP contribution is 2.56. The molecular weight excluding hydrogens is 1170 g/mol. The molecule has 0 bridgehead atoms. The van der Waals surface area contributed by atoms with Gasteiger partial charge < -0.3 is 19.6 Å². The van der Waals surface area contributed by atoms with Crippen LogP contribution in [0.3, 0.4) is 0 Å². The fourth-order valence-corrected chi connectivity index (χ4v) is 16.0. The van der Waals surface area contributed by atoms with Gasteiger partial charge in [0.25, 0.3) is 6.71 Å². The van der Waals surface area contributed by atoms with Gasteiger partial charge in [-0.05, 0) is 226 Å². The molecule has 3 aliphatic rings. The molecule has 4 nitrogen and oxygen atoms in total. The third kappa shape index (κ3) is 12.2. The van der Waals surface area contributed by atoms with Gasteiger partial charge in [0, 0.05) is 62.4 Å². The first-order chi connectivity index (χ1) is 45.3. The van der Waals surface area contributed by atoms with Gasteiger partial charge in [-0.3, -0.25) is 0 Å². The summed E-state index contributed by atoms with van der Waals surface area (Å²) in [6.07, 6.45) is 1.05. The van der Waals surface area contributed by atoms with Crippen molar-refractivity contribution >= 4 is 91.3 Å². The zero-order valence-electron chi connectivity index (χ0n) is 62.7. The van der Waals surface area contributed by atoms with Crippen molar-refractivity contribution in [3.05, 3.63) is 256 Å². The van der Waals surface area contributed by atoms with E-state index in [0.29, 0.717) is 0 Å². The Kier molecular flexibility index (Phi) is 16.1. The number of fused-ring (bicyclic) bond motifs is 5. The van der Waals surface area contributed by atoms with Crippen LogP contribution in [0.2, 0.25) is 0 Å².